The molecular formula is C20H21N5O2. The number of nitrogens with one attached hydrogen (secondary N) is 2. The number of amides is 1. The summed E-state index contributed by atoms with van der Waals surface area (Å²) in [6.45, 7) is 5.36. The van der Waals surface area contributed by atoms with Gasteiger partial charge in [-0.15, -0.1) is 0 Å². The Balaban J connectivity index is 1.98. The molecule has 0 saturated heterocycles. The average molecular weight is 363 g/mol. The number of ether oxygens (including phenoxy) is 1. The molecule has 1 amide bonds. The summed E-state index contributed by atoms with van der Waals surface area (Å²) in [7, 11) is 1.56. The van der Waals surface area contributed by atoms with Crippen LogP contribution in [-0.2, 0) is 4.79 Å². The Morgan fingerprint density at radius 1 is 1.15 bits per heavy atom. The Labute approximate surface area is 157 Å². The first-order valence-corrected chi connectivity index (χ1v) is 8.46. The quantitative estimate of drug-likeness (QED) is 0.715. The van der Waals surface area contributed by atoms with Gasteiger partial charge < -0.3 is 15.4 Å². The molecule has 2 heterocycles. The lowest BCUT2D eigenvalue weighted by Gasteiger charge is -2.15. The van der Waals surface area contributed by atoms with Crippen molar-refractivity contribution in [2.45, 2.75) is 20.8 Å². The second kappa shape index (κ2) is 7.82. The molecule has 0 aliphatic rings. The standard InChI is InChI=1S/C20H21N5O2/c1-12-13(2)22-20(15-6-5-9-21-11-15)25-19(12)24-16-7-8-18(27-4)17(10-16)23-14(3)26/h5-11H,1-4H3,(H,23,26)(H,22,24,25). The molecule has 138 valence electrons. The molecule has 0 unspecified atom stereocenters. The van der Waals surface area contributed by atoms with Crippen molar-refractivity contribution in [2.75, 3.05) is 17.7 Å². The lowest BCUT2D eigenvalue weighted by molar-refractivity contribution is -0.114. The van der Waals surface area contributed by atoms with Crippen molar-refractivity contribution >= 4 is 23.1 Å². The van der Waals surface area contributed by atoms with E-state index in [9.17, 15) is 4.79 Å². The van der Waals surface area contributed by atoms with E-state index in [0.29, 0.717) is 23.1 Å². The number of methoxy groups -OCH3 is 1. The van der Waals surface area contributed by atoms with Crippen LogP contribution in [0.4, 0.5) is 17.2 Å². The molecule has 0 bridgehead atoms. The fourth-order valence-electron chi connectivity index (χ4n) is 2.58. The third-order valence-corrected chi connectivity index (χ3v) is 4.08. The summed E-state index contributed by atoms with van der Waals surface area (Å²) in [6.07, 6.45) is 3.45. The van der Waals surface area contributed by atoms with E-state index in [4.69, 9.17) is 4.74 Å². The van der Waals surface area contributed by atoms with Gasteiger partial charge >= 0.3 is 0 Å². The van der Waals surface area contributed by atoms with Crippen LogP contribution in [0, 0.1) is 13.8 Å². The van der Waals surface area contributed by atoms with Crippen molar-refractivity contribution in [2.24, 2.45) is 0 Å². The molecule has 0 fully saturated rings. The van der Waals surface area contributed by atoms with Gasteiger partial charge in [0.15, 0.2) is 5.82 Å². The van der Waals surface area contributed by atoms with Gasteiger partial charge in [0, 0.05) is 41.8 Å². The largest absolute Gasteiger partial charge is 0.495 e. The summed E-state index contributed by atoms with van der Waals surface area (Å²) >= 11 is 0. The first-order valence-electron chi connectivity index (χ1n) is 8.46. The van der Waals surface area contributed by atoms with Crippen molar-refractivity contribution in [3.63, 3.8) is 0 Å². The molecule has 7 heteroatoms. The highest BCUT2D eigenvalue weighted by atomic mass is 16.5. The highest BCUT2D eigenvalue weighted by Gasteiger charge is 2.12. The number of aromatic nitrogens is 3. The van der Waals surface area contributed by atoms with Gasteiger partial charge in [0.05, 0.1) is 12.8 Å². The van der Waals surface area contributed by atoms with E-state index >= 15 is 0 Å². The number of pyridine rings is 1. The SMILES string of the molecule is COc1ccc(Nc2nc(-c3cccnc3)nc(C)c2C)cc1NC(C)=O. The van der Waals surface area contributed by atoms with Crippen LogP contribution in [0.25, 0.3) is 11.4 Å². The van der Waals surface area contributed by atoms with Crippen molar-refractivity contribution in [3.8, 4) is 17.1 Å². The molecule has 0 atom stereocenters. The van der Waals surface area contributed by atoms with Gasteiger partial charge in [-0.25, -0.2) is 9.97 Å². The van der Waals surface area contributed by atoms with Crippen LogP contribution in [-0.4, -0.2) is 28.0 Å². The molecule has 0 aliphatic heterocycles. The average Bonchev–Trinajstić information content (AvgIpc) is 2.66. The predicted molar refractivity (Wildman–Crippen MR) is 105 cm³/mol. The number of hydrogen-bond donors (Lipinski definition) is 2. The molecule has 0 spiro atoms. The number of hydrogen-bond acceptors (Lipinski definition) is 6. The van der Waals surface area contributed by atoms with Gasteiger partial charge in [0.25, 0.3) is 0 Å². The topological polar surface area (TPSA) is 89.0 Å². The Bertz CT molecular complexity index is 974. The van der Waals surface area contributed by atoms with E-state index in [1.54, 1.807) is 31.6 Å². The van der Waals surface area contributed by atoms with E-state index in [0.717, 1.165) is 22.5 Å². The van der Waals surface area contributed by atoms with Crippen LogP contribution in [0.3, 0.4) is 0 Å². The number of carbonyl (C=O) groups is 1. The molecule has 0 radical (unpaired) electrons. The van der Waals surface area contributed by atoms with Crippen LogP contribution in [0.15, 0.2) is 42.7 Å². The summed E-state index contributed by atoms with van der Waals surface area (Å²) in [6, 6.07) is 9.23. The maximum Gasteiger partial charge on any atom is 0.221 e. The Morgan fingerprint density at radius 2 is 1.96 bits per heavy atom. The maximum atomic E-state index is 11.4. The van der Waals surface area contributed by atoms with Crippen LogP contribution in [0.2, 0.25) is 0 Å². The summed E-state index contributed by atoms with van der Waals surface area (Å²) in [5, 5.41) is 6.08. The molecule has 27 heavy (non-hydrogen) atoms. The minimum atomic E-state index is -0.168. The second-order valence-electron chi connectivity index (χ2n) is 6.07. The van der Waals surface area contributed by atoms with Crippen molar-refractivity contribution in [1.82, 2.24) is 15.0 Å². The van der Waals surface area contributed by atoms with Gasteiger partial charge in [-0.3, -0.25) is 9.78 Å². The van der Waals surface area contributed by atoms with Crippen LogP contribution in [0.1, 0.15) is 18.2 Å². The minimum Gasteiger partial charge on any atom is -0.495 e. The molecular weight excluding hydrogens is 342 g/mol. The fraction of sp³-hybridized carbons (Fsp3) is 0.200. The highest BCUT2D eigenvalue weighted by molar-refractivity contribution is 5.91. The molecule has 2 N–H and O–H groups in total. The minimum absolute atomic E-state index is 0.168. The Kier molecular flexibility index (Phi) is 5.30. The number of rotatable bonds is 5. The molecule has 3 rings (SSSR count). The van der Waals surface area contributed by atoms with Crippen LogP contribution < -0.4 is 15.4 Å². The van der Waals surface area contributed by atoms with E-state index in [1.807, 2.05) is 32.0 Å². The zero-order valence-corrected chi connectivity index (χ0v) is 15.7. The number of nitrogens with zero attached hydrogens (tertiary/aromatic N) is 3. The number of anilines is 3. The molecule has 1 aromatic carbocycles. The van der Waals surface area contributed by atoms with Crippen molar-refractivity contribution < 1.29 is 9.53 Å². The number of carbonyl (C=O) groups excluding carboxylic acids is 1. The zero-order chi connectivity index (χ0) is 19.4. The fourth-order valence-corrected chi connectivity index (χ4v) is 2.58. The molecule has 0 aliphatic carbocycles. The molecule has 3 aromatic rings. The number of aryl methyl sites for hydroxylation is 1. The van der Waals surface area contributed by atoms with Gasteiger partial charge in [-0.2, -0.15) is 0 Å². The van der Waals surface area contributed by atoms with E-state index < -0.39 is 0 Å². The summed E-state index contributed by atoms with van der Waals surface area (Å²) in [5.74, 6) is 1.71. The molecule has 0 saturated carbocycles. The zero-order valence-electron chi connectivity index (χ0n) is 15.7. The van der Waals surface area contributed by atoms with E-state index in [2.05, 4.69) is 25.6 Å². The first-order chi connectivity index (χ1) is 13.0. The van der Waals surface area contributed by atoms with Crippen molar-refractivity contribution in [1.29, 1.82) is 0 Å². The van der Waals surface area contributed by atoms with Gasteiger partial charge in [0.2, 0.25) is 5.91 Å². The molecule has 2 aromatic heterocycles. The monoisotopic (exact) mass is 363 g/mol. The predicted octanol–water partition coefficient (Wildman–Crippen LogP) is 3.87. The third-order valence-electron chi connectivity index (χ3n) is 4.08. The van der Waals surface area contributed by atoms with Gasteiger partial charge in [-0.1, -0.05) is 0 Å². The van der Waals surface area contributed by atoms with Gasteiger partial charge in [-0.05, 0) is 44.2 Å². The van der Waals surface area contributed by atoms with Crippen molar-refractivity contribution in [3.05, 3.63) is 54.0 Å². The summed E-state index contributed by atoms with van der Waals surface area (Å²) in [4.78, 5) is 24.8. The smallest absolute Gasteiger partial charge is 0.221 e. The Morgan fingerprint density at radius 3 is 2.63 bits per heavy atom. The first kappa shape index (κ1) is 18.3. The highest BCUT2D eigenvalue weighted by Crippen LogP contribution is 2.30. The van der Waals surface area contributed by atoms with Crippen LogP contribution in [0.5, 0.6) is 5.75 Å². The summed E-state index contributed by atoms with van der Waals surface area (Å²) < 4.78 is 5.30. The van der Waals surface area contributed by atoms with Crippen LogP contribution >= 0.6 is 0 Å². The normalized spacial score (nSPS) is 10.4. The van der Waals surface area contributed by atoms with E-state index in [-0.39, 0.29) is 5.91 Å². The Hall–Kier alpha value is -3.48. The third kappa shape index (κ3) is 4.20. The van der Waals surface area contributed by atoms with Gasteiger partial charge in [0.1, 0.15) is 11.6 Å². The lowest BCUT2D eigenvalue weighted by Crippen LogP contribution is -2.08. The summed E-state index contributed by atoms with van der Waals surface area (Å²) in [5.41, 5.74) is 4.03. The van der Waals surface area contributed by atoms with E-state index in [1.165, 1.54) is 6.92 Å². The lowest BCUT2D eigenvalue weighted by atomic mass is 10.2. The second-order valence-corrected chi connectivity index (χ2v) is 6.07. The maximum absolute atomic E-state index is 11.4. The molecule has 7 nitrogen and oxygen atoms in total. The number of benzene rings is 1.